The van der Waals surface area contributed by atoms with Gasteiger partial charge in [0.25, 0.3) is 0 Å². The second kappa shape index (κ2) is 8.15. The summed E-state index contributed by atoms with van der Waals surface area (Å²) in [5.41, 5.74) is 1.53. The third kappa shape index (κ3) is 4.47. The first kappa shape index (κ1) is 18.3. The highest BCUT2D eigenvalue weighted by molar-refractivity contribution is 9.10. The Morgan fingerprint density at radius 3 is 2.42 bits per heavy atom. The van der Waals surface area contributed by atoms with Crippen LogP contribution in [0, 0.1) is 5.82 Å². The standard InChI is InChI=1S/C18H19BrFNO3/c1-11(13-5-7-16(23-2)14(19)10-13)21-18(22)9-12-4-6-17(24-3)15(20)8-12/h4-8,10-11H,9H2,1-3H3,(H,21,22)/t11-/m0/s1. The van der Waals surface area contributed by atoms with Crippen LogP contribution in [0.3, 0.4) is 0 Å². The molecule has 0 spiro atoms. The van der Waals surface area contributed by atoms with Gasteiger partial charge in [-0.25, -0.2) is 4.39 Å². The van der Waals surface area contributed by atoms with Gasteiger partial charge < -0.3 is 14.8 Å². The van der Waals surface area contributed by atoms with Crippen molar-refractivity contribution in [2.24, 2.45) is 0 Å². The largest absolute Gasteiger partial charge is 0.496 e. The van der Waals surface area contributed by atoms with Crippen molar-refractivity contribution >= 4 is 21.8 Å². The molecule has 0 aromatic heterocycles. The van der Waals surface area contributed by atoms with Crippen molar-refractivity contribution in [1.82, 2.24) is 5.32 Å². The summed E-state index contributed by atoms with van der Waals surface area (Å²) in [7, 11) is 3.00. The second-order valence-corrected chi connectivity index (χ2v) is 6.18. The van der Waals surface area contributed by atoms with E-state index in [9.17, 15) is 9.18 Å². The molecule has 4 nitrogen and oxygen atoms in total. The van der Waals surface area contributed by atoms with Crippen molar-refractivity contribution in [1.29, 1.82) is 0 Å². The summed E-state index contributed by atoms with van der Waals surface area (Å²) in [6.45, 7) is 1.89. The van der Waals surface area contributed by atoms with Crippen LogP contribution in [0.15, 0.2) is 40.9 Å². The zero-order chi connectivity index (χ0) is 17.7. The fourth-order valence-corrected chi connectivity index (χ4v) is 2.89. The molecule has 24 heavy (non-hydrogen) atoms. The summed E-state index contributed by atoms with van der Waals surface area (Å²) in [5.74, 6) is 0.232. The highest BCUT2D eigenvalue weighted by Gasteiger charge is 2.13. The van der Waals surface area contributed by atoms with Gasteiger partial charge in [-0.15, -0.1) is 0 Å². The summed E-state index contributed by atoms with van der Waals surface area (Å²) in [6.07, 6.45) is 0.0998. The van der Waals surface area contributed by atoms with Gasteiger partial charge in [-0.05, 0) is 58.2 Å². The predicted molar refractivity (Wildman–Crippen MR) is 93.9 cm³/mol. The molecule has 0 fully saturated rings. The lowest BCUT2D eigenvalue weighted by Gasteiger charge is -2.16. The molecule has 0 radical (unpaired) electrons. The number of hydrogen-bond acceptors (Lipinski definition) is 3. The van der Waals surface area contributed by atoms with Crippen LogP contribution in [0.2, 0.25) is 0 Å². The maximum absolute atomic E-state index is 13.7. The number of ether oxygens (including phenoxy) is 2. The molecule has 0 heterocycles. The Morgan fingerprint density at radius 2 is 1.83 bits per heavy atom. The Kier molecular flexibility index (Phi) is 6.20. The number of rotatable bonds is 6. The molecule has 2 rings (SSSR count). The van der Waals surface area contributed by atoms with E-state index >= 15 is 0 Å². The molecule has 2 aromatic rings. The van der Waals surface area contributed by atoms with Crippen molar-refractivity contribution in [3.63, 3.8) is 0 Å². The van der Waals surface area contributed by atoms with Crippen LogP contribution in [0.1, 0.15) is 24.1 Å². The molecule has 128 valence electrons. The zero-order valence-corrected chi connectivity index (χ0v) is 15.3. The number of benzene rings is 2. The monoisotopic (exact) mass is 395 g/mol. The SMILES string of the molecule is COc1ccc(CC(=O)N[C@@H](C)c2ccc(OC)c(Br)c2)cc1F. The van der Waals surface area contributed by atoms with Crippen LogP contribution in [-0.4, -0.2) is 20.1 Å². The molecule has 0 aliphatic rings. The summed E-state index contributed by atoms with van der Waals surface area (Å²) >= 11 is 3.43. The average Bonchev–Trinajstić information content (AvgIpc) is 2.54. The van der Waals surface area contributed by atoms with Crippen LogP contribution in [0.25, 0.3) is 0 Å². The first-order valence-corrected chi connectivity index (χ1v) is 8.19. The molecule has 0 bridgehead atoms. The van der Waals surface area contributed by atoms with Gasteiger partial charge in [0, 0.05) is 0 Å². The number of hydrogen-bond donors (Lipinski definition) is 1. The third-order valence-corrected chi connectivity index (χ3v) is 4.25. The Labute approximate surface area is 149 Å². The zero-order valence-electron chi connectivity index (χ0n) is 13.7. The van der Waals surface area contributed by atoms with Crippen molar-refractivity contribution in [3.05, 3.63) is 57.8 Å². The summed E-state index contributed by atoms with van der Waals surface area (Å²) in [4.78, 5) is 12.2. The van der Waals surface area contributed by atoms with E-state index in [2.05, 4.69) is 21.2 Å². The van der Waals surface area contributed by atoms with Crippen molar-refractivity contribution < 1.29 is 18.7 Å². The van der Waals surface area contributed by atoms with Gasteiger partial charge in [0.05, 0.1) is 31.2 Å². The first-order valence-electron chi connectivity index (χ1n) is 7.39. The Balaban J connectivity index is 2.01. The minimum Gasteiger partial charge on any atom is -0.496 e. The molecule has 0 aliphatic carbocycles. The van der Waals surface area contributed by atoms with Crippen LogP contribution >= 0.6 is 15.9 Å². The normalized spacial score (nSPS) is 11.7. The maximum Gasteiger partial charge on any atom is 0.224 e. The van der Waals surface area contributed by atoms with E-state index in [1.165, 1.54) is 19.2 Å². The van der Waals surface area contributed by atoms with Crippen molar-refractivity contribution in [2.45, 2.75) is 19.4 Å². The number of amides is 1. The van der Waals surface area contributed by atoms with E-state index in [0.29, 0.717) is 5.56 Å². The molecular weight excluding hydrogens is 377 g/mol. The molecule has 6 heteroatoms. The molecular formula is C18H19BrFNO3. The fraction of sp³-hybridized carbons (Fsp3) is 0.278. The smallest absolute Gasteiger partial charge is 0.224 e. The van der Waals surface area contributed by atoms with Crippen molar-refractivity contribution in [2.75, 3.05) is 14.2 Å². The van der Waals surface area contributed by atoms with E-state index < -0.39 is 5.82 Å². The number of halogens is 2. The highest BCUT2D eigenvalue weighted by atomic mass is 79.9. The topological polar surface area (TPSA) is 47.6 Å². The number of carbonyl (C=O) groups excluding carboxylic acids is 1. The summed E-state index contributed by atoms with van der Waals surface area (Å²) < 4.78 is 24.5. The lowest BCUT2D eigenvalue weighted by Crippen LogP contribution is -2.28. The number of nitrogens with one attached hydrogen (secondary N) is 1. The van der Waals surface area contributed by atoms with Gasteiger partial charge in [-0.3, -0.25) is 4.79 Å². The summed E-state index contributed by atoms with van der Waals surface area (Å²) in [5, 5.41) is 2.90. The van der Waals surface area contributed by atoms with E-state index in [1.807, 2.05) is 25.1 Å². The Hall–Kier alpha value is -2.08. The number of carbonyl (C=O) groups is 1. The van der Waals surface area contributed by atoms with Crippen LogP contribution in [0.5, 0.6) is 11.5 Å². The Morgan fingerprint density at radius 1 is 1.17 bits per heavy atom. The molecule has 0 aliphatic heterocycles. The van der Waals surface area contributed by atoms with Gasteiger partial charge in [0.2, 0.25) is 5.91 Å². The van der Waals surface area contributed by atoms with Gasteiger partial charge in [0.15, 0.2) is 11.6 Å². The van der Waals surface area contributed by atoms with Gasteiger partial charge >= 0.3 is 0 Å². The molecule has 0 unspecified atom stereocenters. The minimum absolute atomic E-state index is 0.0998. The molecule has 1 atom stereocenters. The molecule has 1 N–H and O–H groups in total. The maximum atomic E-state index is 13.7. The van der Waals surface area contributed by atoms with Gasteiger partial charge in [-0.2, -0.15) is 0 Å². The molecule has 0 saturated heterocycles. The molecule has 1 amide bonds. The van der Waals surface area contributed by atoms with Gasteiger partial charge in [-0.1, -0.05) is 12.1 Å². The van der Waals surface area contributed by atoms with Gasteiger partial charge in [0.1, 0.15) is 5.75 Å². The first-order chi connectivity index (χ1) is 11.4. The number of methoxy groups -OCH3 is 2. The Bertz CT molecular complexity index is 736. The quantitative estimate of drug-likeness (QED) is 0.802. The minimum atomic E-state index is -0.477. The third-order valence-electron chi connectivity index (χ3n) is 3.63. The highest BCUT2D eigenvalue weighted by Crippen LogP contribution is 2.28. The lowest BCUT2D eigenvalue weighted by molar-refractivity contribution is -0.121. The fourth-order valence-electron chi connectivity index (χ4n) is 2.33. The van der Waals surface area contributed by atoms with Crippen molar-refractivity contribution in [3.8, 4) is 11.5 Å². The average molecular weight is 396 g/mol. The van der Waals surface area contributed by atoms with E-state index in [1.54, 1.807) is 13.2 Å². The predicted octanol–water partition coefficient (Wildman–Crippen LogP) is 4.03. The van der Waals surface area contributed by atoms with Crippen LogP contribution in [-0.2, 0) is 11.2 Å². The lowest BCUT2D eigenvalue weighted by atomic mass is 10.1. The molecule has 0 saturated carbocycles. The van der Waals surface area contributed by atoms with Crippen LogP contribution < -0.4 is 14.8 Å². The van der Waals surface area contributed by atoms with E-state index in [4.69, 9.17) is 9.47 Å². The molecule has 2 aromatic carbocycles. The van der Waals surface area contributed by atoms with Crippen LogP contribution in [0.4, 0.5) is 4.39 Å². The van der Waals surface area contributed by atoms with E-state index in [-0.39, 0.29) is 24.1 Å². The second-order valence-electron chi connectivity index (χ2n) is 5.33. The van der Waals surface area contributed by atoms with E-state index in [0.717, 1.165) is 15.8 Å². The summed E-state index contributed by atoms with van der Waals surface area (Å²) in [6, 6.07) is 9.95.